The molecule has 4 heterocycles. The second-order valence-electron chi connectivity index (χ2n) is 8.58. The van der Waals surface area contributed by atoms with Gasteiger partial charge in [0.1, 0.15) is 17.5 Å². The molecule has 1 saturated heterocycles. The Morgan fingerprint density at radius 1 is 1.00 bits per heavy atom. The van der Waals surface area contributed by atoms with Gasteiger partial charge in [0.05, 0.1) is 12.4 Å². The van der Waals surface area contributed by atoms with Crippen molar-refractivity contribution in [3.05, 3.63) is 24.8 Å². The Kier molecular flexibility index (Phi) is 5.33. The molecule has 2 aliphatic heterocycles. The predicted octanol–water partition coefficient (Wildman–Crippen LogP) is 2.10. The van der Waals surface area contributed by atoms with Crippen molar-refractivity contribution < 1.29 is 4.79 Å². The van der Waals surface area contributed by atoms with E-state index in [0.29, 0.717) is 6.04 Å². The van der Waals surface area contributed by atoms with E-state index in [1.165, 1.54) is 12.8 Å². The van der Waals surface area contributed by atoms with Gasteiger partial charge in [-0.15, -0.1) is 0 Å². The van der Waals surface area contributed by atoms with Gasteiger partial charge in [0.25, 0.3) is 0 Å². The van der Waals surface area contributed by atoms with Gasteiger partial charge in [-0.2, -0.15) is 4.98 Å². The Hall–Kier alpha value is -2.97. The van der Waals surface area contributed by atoms with Crippen molar-refractivity contribution >= 4 is 29.2 Å². The van der Waals surface area contributed by atoms with E-state index in [1.807, 2.05) is 19.4 Å². The number of amides is 1. The minimum atomic E-state index is -0.142. The first-order valence-corrected chi connectivity index (χ1v) is 11.4. The molecule has 0 spiro atoms. The lowest BCUT2D eigenvalue weighted by molar-refractivity contribution is -0.120. The van der Waals surface area contributed by atoms with Crippen LogP contribution in [0.2, 0.25) is 0 Å². The van der Waals surface area contributed by atoms with Crippen LogP contribution in [0.25, 0.3) is 0 Å². The monoisotopic (exact) mass is 422 g/mol. The van der Waals surface area contributed by atoms with Crippen molar-refractivity contribution in [1.29, 1.82) is 0 Å². The van der Waals surface area contributed by atoms with Crippen molar-refractivity contribution in [2.45, 2.75) is 51.1 Å². The highest BCUT2D eigenvalue weighted by Crippen LogP contribution is 2.40. The van der Waals surface area contributed by atoms with Gasteiger partial charge in [-0.1, -0.05) is 19.8 Å². The first kappa shape index (κ1) is 20.0. The average Bonchev–Trinajstić information content (AvgIpc) is 3.36. The first-order valence-electron chi connectivity index (χ1n) is 11.4. The molecule has 164 valence electrons. The van der Waals surface area contributed by atoms with Gasteiger partial charge in [0, 0.05) is 51.7 Å². The summed E-state index contributed by atoms with van der Waals surface area (Å²) in [4.78, 5) is 39.9. The summed E-state index contributed by atoms with van der Waals surface area (Å²) < 4.78 is 0. The van der Waals surface area contributed by atoms with Crippen molar-refractivity contribution in [3.63, 3.8) is 0 Å². The normalized spacial score (nSPS) is 22.3. The maximum absolute atomic E-state index is 13.0. The molecule has 5 rings (SSSR count). The van der Waals surface area contributed by atoms with E-state index >= 15 is 0 Å². The summed E-state index contributed by atoms with van der Waals surface area (Å²) in [6.07, 6.45) is 12.6. The zero-order valence-corrected chi connectivity index (χ0v) is 18.3. The molecule has 9 heteroatoms. The molecule has 1 amide bonds. The SMILES string of the molecule is CC[C@@H]1C(=O)N(C)c2cnc(N3CCN(c4cnccn4)CC3)nc2N1C1CCCC1. The number of fused-ring (bicyclic) bond motifs is 1. The maximum atomic E-state index is 13.0. The van der Waals surface area contributed by atoms with Crippen molar-refractivity contribution in [2.75, 3.05) is 52.8 Å². The number of hydrogen-bond donors (Lipinski definition) is 0. The molecule has 1 saturated carbocycles. The summed E-state index contributed by atoms with van der Waals surface area (Å²) in [7, 11) is 1.85. The van der Waals surface area contributed by atoms with E-state index < -0.39 is 0 Å². The van der Waals surface area contributed by atoms with E-state index in [4.69, 9.17) is 4.98 Å². The molecule has 0 N–H and O–H groups in total. The van der Waals surface area contributed by atoms with Crippen LogP contribution in [0.15, 0.2) is 24.8 Å². The number of carbonyl (C=O) groups is 1. The molecule has 1 aliphatic carbocycles. The Morgan fingerprint density at radius 3 is 2.42 bits per heavy atom. The molecule has 2 aromatic heterocycles. The van der Waals surface area contributed by atoms with Crippen LogP contribution in [0.1, 0.15) is 39.0 Å². The highest BCUT2D eigenvalue weighted by atomic mass is 16.2. The molecule has 31 heavy (non-hydrogen) atoms. The van der Waals surface area contributed by atoms with Crippen LogP contribution in [0, 0.1) is 0 Å². The fraction of sp³-hybridized carbons (Fsp3) is 0.591. The van der Waals surface area contributed by atoms with Gasteiger partial charge in [-0.25, -0.2) is 9.97 Å². The van der Waals surface area contributed by atoms with Crippen LogP contribution in [-0.2, 0) is 4.79 Å². The number of rotatable bonds is 4. The highest BCUT2D eigenvalue weighted by molar-refractivity contribution is 6.04. The Bertz CT molecular complexity index is 924. The third-order valence-electron chi connectivity index (χ3n) is 6.84. The molecule has 3 aliphatic rings. The van der Waals surface area contributed by atoms with Gasteiger partial charge in [0.15, 0.2) is 5.82 Å². The minimum Gasteiger partial charge on any atom is -0.352 e. The molecule has 2 fully saturated rings. The number of carbonyl (C=O) groups excluding carboxylic acids is 1. The standard InChI is InChI=1S/C22H30N8O/c1-3-17-21(31)27(2)18-14-25-22(26-20(18)30(17)16-6-4-5-7-16)29-12-10-28(11-13-29)19-15-23-8-9-24-19/h8-9,14-17H,3-7,10-13H2,1-2H3/t17-/m1/s1. The zero-order valence-electron chi connectivity index (χ0n) is 18.3. The van der Waals surface area contributed by atoms with E-state index in [0.717, 1.165) is 68.7 Å². The summed E-state index contributed by atoms with van der Waals surface area (Å²) >= 11 is 0. The largest absolute Gasteiger partial charge is 0.352 e. The summed E-state index contributed by atoms with van der Waals surface area (Å²) in [6, 6.07) is 0.245. The van der Waals surface area contributed by atoms with Crippen molar-refractivity contribution in [3.8, 4) is 0 Å². The smallest absolute Gasteiger partial charge is 0.249 e. The van der Waals surface area contributed by atoms with Crippen LogP contribution < -0.4 is 19.6 Å². The number of hydrogen-bond acceptors (Lipinski definition) is 8. The quantitative estimate of drug-likeness (QED) is 0.741. The Labute approximate surface area is 183 Å². The lowest BCUT2D eigenvalue weighted by Crippen LogP contribution is -2.56. The van der Waals surface area contributed by atoms with Gasteiger partial charge in [0.2, 0.25) is 11.9 Å². The molecule has 0 unspecified atom stereocenters. The molecule has 0 bridgehead atoms. The third-order valence-corrected chi connectivity index (χ3v) is 6.84. The van der Waals surface area contributed by atoms with E-state index in [2.05, 4.69) is 36.6 Å². The number of likely N-dealkylation sites (N-methyl/N-ethyl adjacent to an activating group) is 1. The van der Waals surface area contributed by atoms with E-state index in [-0.39, 0.29) is 11.9 Å². The molecule has 0 aromatic carbocycles. The summed E-state index contributed by atoms with van der Waals surface area (Å²) in [5, 5.41) is 0. The Balaban J connectivity index is 1.41. The molecular formula is C22H30N8O. The number of aromatic nitrogens is 4. The van der Waals surface area contributed by atoms with Crippen LogP contribution in [0.4, 0.5) is 23.3 Å². The van der Waals surface area contributed by atoms with Gasteiger partial charge in [-0.3, -0.25) is 9.78 Å². The van der Waals surface area contributed by atoms with Crippen molar-refractivity contribution in [2.24, 2.45) is 0 Å². The van der Waals surface area contributed by atoms with E-state index in [1.54, 1.807) is 17.3 Å². The molecular weight excluding hydrogens is 392 g/mol. The number of nitrogens with zero attached hydrogens (tertiary/aromatic N) is 8. The van der Waals surface area contributed by atoms with Crippen molar-refractivity contribution in [1.82, 2.24) is 19.9 Å². The van der Waals surface area contributed by atoms with Gasteiger partial charge >= 0.3 is 0 Å². The summed E-state index contributed by atoms with van der Waals surface area (Å²) in [5.74, 6) is 2.73. The van der Waals surface area contributed by atoms with Crippen LogP contribution >= 0.6 is 0 Å². The molecule has 9 nitrogen and oxygen atoms in total. The Morgan fingerprint density at radius 2 is 1.74 bits per heavy atom. The van der Waals surface area contributed by atoms with Crippen LogP contribution in [0.3, 0.4) is 0 Å². The fourth-order valence-electron chi connectivity index (χ4n) is 5.12. The minimum absolute atomic E-state index is 0.142. The zero-order chi connectivity index (χ0) is 21.4. The molecule has 0 radical (unpaired) electrons. The highest BCUT2D eigenvalue weighted by Gasteiger charge is 2.41. The average molecular weight is 423 g/mol. The van der Waals surface area contributed by atoms with Gasteiger partial charge < -0.3 is 19.6 Å². The van der Waals surface area contributed by atoms with Gasteiger partial charge in [-0.05, 0) is 19.3 Å². The fourth-order valence-corrected chi connectivity index (χ4v) is 5.12. The summed E-state index contributed by atoms with van der Waals surface area (Å²) in [6.45, 7) is 5.44. The third kappa shape index (κ3) is 3.55. The summed E-state index contributed by atoms with van der Waals surface area (Å²) in [5.41, 5.74) is 0.823. The number of piperazine rings is 1. The first-order chi connectivity index (χ1) is 15.2. The second kappa shape index (κ2) is 8.28. The maximum Gasteiger partial charge on any atom is 0.249 e. The van der Waals surface area contributed by atoms with Crippen LogP contribution in [-0.4, -0.2) is 71.2 Å². The number of anilines is 4. The molecule has 2 aromatic rings. The topological polar surface area (TPSA) is 81.6 Å². The van der Waals surface area contributed by atoms with E-state index in [9.17, 15) is 4.79 Å². The molecule has 1 atom stereocenters. The van der Waals surface area contributed by atoms with Crippen LogP contribution in [0.5, 0.6) is 0 Å². The second-order valence-corrected chi connectivity index (χ2v) is 8.58. The predicted molar refractivity (Wildman–Crippen MR) is 121 cm³/mol. The lowest BCUT2D eigenvalue weighted by atomic mass is 10.0. The lowest BCUT2D eigenvalue weighted by Gasteiger charge is -2.44.